The molecule has 7 nitrogen and oxygen atoms in total. The number of ether oxygens (including phenoxy) is 2. The average Bonchev–Trinajstić information content (AvgIpc) is 3.40. The lowest BCUT2D eigenvalue weighted by atomic mass is 9.79. The Morgan fingerprint density at radius 2 is 1.85 bits per heavy atom. The van der Waals surface area contributed by atoms with Crippen LogP contribution in [0.15, 0.2) is 48.5 Å². The number of carbonyl (C=O) groups excluding carboxylic acids is 2. The molecule has 1 spiro atoms. The van der Waals surface area contributed by atoms with Gasteiger partial charge in [0.15, 0.2) is 21.2 Å². The maximum Gasteiger partial charge on any atom is 0.262 e. The summed E-state index contributed by atoms with van der Waals surface area (Å²) < 4.78 is 11.0. The predicted molar refractivity (Wildman–Crippen MR) is 124 cm³/mol. The lowest BCUT2D eigenvalue weighted by Crippen LogP contribution is -2.75. The molecule has 2 aromatic carbocycles. The van der Waals surface area contributed by atoms with Crippen LogP contribution in [0, 0.1) is 16.7 Å². The van der Waals surface area contributed by atoms with E-state index in [0.29, 0.717) is 17.9 Å². The molecule has 4 fully saturated rings. The van der Waals surface area contributed by atoms with Crippen molar-refractivity contribution in [1.29, 1.82) is 5.26 Å². The van der Waals surface area contributed by atoms with Crippen LogP contribution in [0.3, 0.4) is 0 Å². The largest absolute Gasteiger partial charge is 0.454 e. The van der Waals surface area contributed by atoms with Crippen molar-refractivity contribution in [3.8, 4) is 17.6 Å². The van der Waals surface area contributed by atoms with Gasteiger partial charge >= 0.3 is 0 Å². The summed E-state index contributed by atoms with van der Waals surface area (Å²) in [6.07, 6.45) is 0.667. The predicted octanol–water partition coefficient (Wildman–Crippen LogP) is 3.72. The summed E-state index contributed by atoms with van der Waals surface area (Å²) in [7, 11) is 4.59. The minimum absolute atomic E-state index is 0.119. The molecule has 168 valence electrons. The molecule has 1 unspecified atom stereocenters. The number of benzene rings is 2. The molecule has 5 heterocycles. The van der Waals surface area contributed by atoms with Gasteiger partial charge in [-0.1, -0.05) is 58.0 Å². The smallest absolute Gasteiger partial charge is 0.262 e. The van der Waals surface area contributed by atoms with E-state index in [0.717, 1.165) is 11.1 Å². The fraction of sp³-hybridized carbons (Fsp3) is 0.375. The monoisotopic (exact) mass is 479 g/mol. The van der Waals surface area contributed by atoms with Gasteiger partial charge in [-0.3, -0.25) is 9.59 Å². The molecule has 2 amide bonds. The molecule has 5 aliphatic heterocycles. The number of hydrogen-bond donors (Lipinski definition) is 0. The Kier molecular flexibility index (Phi) is 4.30. The van der Waals surface area contributed by atoms with Gasteiger partial charge in [0.2, 0.25) is 6.79 Å². The molecule has 33 heavy (non-hydrogen) atoms. The fourth-order valence-corrected chi connectivity index (χ4v) is 9.41. The first-order valence-corrected chi connectivity index (χ1v) is 12.8. The van der Waals surface area contributed by atoms with Gasteiger partial charge in [-0.15, -0.1) is 0 Å². The van der Waals surface area contributed by atoms with E-state index in [2.05, 4.69) is 6.07 Å². The van der Waals surface area contributed by atoms with Crippen molar-refractivity contribution < 1.29 is 19.1 Å². The van der Waals surface area contributed by atoms with Crippen LogP contribution in [0.4, 0.5) is 0 Å². The molecule has 0 N–H and O–H groups in total. The maximum atomic E-state index is 14.3. The topological polar surface area (TPSA) is 82.9 Å². The summed E-state index contributed by atoms with van der Waals surface area (Å²) in [5, 5.41) is 10.3. The van der Waals surface area contributed by atoms with Crippen LogP contribution in [0.5, 0.6) is 11.5 Å². The van der Waals surface area contributed by atoms with E-state index in [-0.39, 0.29) is 25.0 Å². The van der Waals surface area contributed by atoms with Gasteiger partial charge in [-0.2, -0.15) is 5.26 Å². The van der Waals surface area contributed by atoms with Crippen LogP contribution in [0.2, 0.25) is 0 Å². The van der Waals surface area contributed by atoms with Gasteiger partial charge < -0.3 is 19.3 Å². The van der Waals surface area contributed by atoms with E-state index in [1.54, 1.807) is 16.8 Å². The maximum absolute atomic E-state index is 14.3. The highest BCUT2D eigenvalue weighted by atomic mass is 33.1. The summed E-state index contributed by atoms with van der Waals surface area (Å²) in [6.45, 7) is 1.99. The zero-order chi connectivity index (χ0) is 23.0. The molecule has 0 aliphatic carbocycles. The van der Waals surface area contributed by atoms with Crippen molar-refractivity contribution in [2.45, 2.75) is 35.5 Å². The van der Waals surface area contributed by atoms with Crippen LogP contribution in [-0.4, -0.2) is 45.2 Å². The number of fused-ring (bicyclic) bond motifs is 3. The van der Waals surface area contributed by atoms with Gasteiger partial charge in [0.1, 0.15) is 0 Å². The SMILES string of the molecule is CN1C(=O)[C@@]23C[C@](C)(C#N)C(c4ccc5c(c4)OCO5)N2C(=O)[C@]1(Cc1ccccc1)SS3. The van der Waals surface area contributed by atoms with Crippen LogP contribution < -0.4 is 9.47 Å². The number of hydrogen-bond acceptors (Lipinski definition) is 7. The van der Waals surface area contributed by atoms with Crippen molar-refractivity contribution in [2.75, 3.05) is 13.8 Å². The number of amides is 2. The Labute approximate surface area is 199 Å². The summed E-state index contributed by atoms with van der Waals surface area (Å²) in [4.78, 5) is 29.3. The summed E-state index contributed by atoms with van der Waals surface area (Å²) in [5.41, 5.74) is 0.812. The molecule has 7 rings (SSSR count). The Hall–Kier alpha value is -2.83. The second-order valence-corrected chi connectivity index (χ2v) is 11.8. The number of nitrogens with zero attached hydrogens (tertiary/aromatic N) is 3. The molecular formula is C24H21N3O4S2. The molecule has 4 atom stereocenters. The van der Waals surface area contributed by atoms with Crippen molar-refractivity contribution >= 4 is 33.4 Å². The minimum Gasteiger partial charge on any atom is -0.454 e. The van der Waals surface area contributed by atoms with Crippen LogP contribution in [-0.2, 0) is 16.0 Å². The molecule has 0 aromatic heterocycles. The van der Waals surface area contributed by atoms with Crippen molar-refractivity contribution in [2.24, 2.45) is 5.41 Å². The highest BCUT2D eigenvalue weighted by Crippen LogP contribution is 2.70. The zero-order valence-electron chi connectivity index (χ0n) is 18.1. The summed E-state index contributed by atoms with van der Waals surface area (Å²) in [5.74, 6) is 0.982. The molecule has 9 heteroatoms. The van der Waals surface area contributed by atoms with Gasteiger partial charge in [0, 0.05) is 19.9 Å². The number of piperazine rings is 1. The normalized spacial score (nSPS) is 33.9. The second kappa shape index (κ2) is 6.84. The van der Waals surface area contributed by atoms with Crippen molar-refractivity contribution in [3.05, 3.63) is 59.7 Å². The highest BCUT2D eigenvalue weighted by molar-refractivity contribution is 8.78. The molecule has 2 bridgehead atoms. The third-order valence-corrected chi connectivity index (χ3v) is 10.8. The van der Waals surface area contributed by atoms with E-state index < -0.39 is 21.2 Å². The van der Waals surface area contributed by atoms with Crippen LogP contribution in [0.25, 0.3) is 0 Å². The van der Waals surface area contributed by atoms with E-state index in [9.17, 15) is 14.9 Å². The standard InChI is InChI=1S/C24H21N3O4S2/c1-22(13-25)12-24-20(28)26(2)23(32-33-24,11-15-6-4-3-5-7-15)21(29)27(24)19(22)16-8-9-17-18(10-16)31-14-30-17/h3-10,19H,11-12,14H2,1-2H3/t19?,22-,23+,24+/m1/s1. The highest BCUT2D eigenvalue weighted by Gasteiger charge is 2.75. The van der Waals surface area contributed by atoms with E-state index in [1.165, 1.54) is 21.6 Å². The number of likely N-dealkylation sites (N-methyl/N-ethyl adjacent to an activating group) is 1. The van der Waals surface area contributed by atoms with Crippen LogP contribution in [0.1, 0.15) is 30.5 Å². The van der Waals surface area contributed by atoms with E-state index >= 15 is 0 Å². The number of carbonyl (C=O) groups is 2. The Morgan fingerprint density at radius 1 is 1.09 bits per heavy atom. The first-order chi connectivity index (χ1) is 15.8. The average molecular weight is 480 g/mol. The van der Waals surface area contributed by atoms with Gasteiger partial charge in [-0.05, 0) is 30.2 Å². The van der Waals surface area contributed by atoms with Crippen LogP contribution >= 0.6 is 21.6 Å². The molecular weight excluding hydrogens is 458 g/mol. The summed E-state index contributed by atoms with van der Waals surface area (Å²) in [6, 6.07) is 17.1. The van der Waals surface area contributed by atoms with E-state index in [4.69, 9.17) is 9.47 Å². The molecule has 0 radical (unpaired) electrons. The molecule has 0 saturated carbocycles. The quantitative estimate of drug-likeness (QED) is 0.621. The lowest BCUT2D eigenvalue weighted by Gasteiger charge is -2.58. The molecule has 4 saturated heterocycles. The fourth-order valence-electron chi connectivity index (χ4n) is 5.52. The van der Waals surface area contributed by atoms with Gasteiger partial charge in [-0.25, -0.2) is 0 Å². The lowest BCUT2D eigenvalue weighted by molar-refractivity contribution is -0.165. The Morgan fingerprint density at radius 3 is 2.61 bits per heavy atom. The summed E-state index contributed by atoms with van der Waals surface area (Å²) >= 11 is 0. The van der Waals surface area contributed by atoms with Crippen molar-refractivity contribution in [3.63, 3.8) is 0 Å². The Bertz CT molecular complexity index is 1230. The first-order valence-electron chi connectivity index (χ1n) is 10.7. The first kappa shape index (κ1) is 20.8. The number of nitriles is 1. The third-order valence-electron chi connectivity index (χ3n) is 7.16. The third kappa shape index (κ3) is 2.59. The second-order valence-electron chi connectivity index (χ2n) is 9.16. The van der Waals surface area contributed by atoms with Gasteiger partial charge in [0.25, 0.3) is 11.8 Å². The van der Waals surface area contributed by atoms with Gasteiger partial charge in [0.05, 0.1) is 17.5 Å². The number of rotatable bonds is 3. The zero-order valence-corrected chi connectivity index (χ0v) is 19.7. The molecule has 5 aliphatic rings. The Balaban J connectivity index is 1.50. The van der Waals surface area contributed by atoms with E-state index in [1.807, 2.05) is 55.5 Å². The molecule has 2 aromatic rings. The van der Waals surface area contributed by atoms with Crippen molar-refractivity contribution in [1.82, 2.24) is 9.80 Å². The minimum atomic E-state index is -1.11.